The maximum Gasteiger partial charge on any atom is 0.0351 e. The van der Waals surface area contributed by atoms with Crippen LogP contribution in [0.3, 0.4) is 0 Å². The van der Waals surface area contributed by atoms with Gasteiger partial charge in [-0.2, -0.15) is 0 Å². The molecule has 1 aliphatic heterocycles. The van der Waals surface area contributed by atoms with Crippen LogP contribution in [0.15, 0.2) is 36.4 Å². The van der Waals surface area contributed by atoms with E-state index in [4.69, 9.17) is 0 Å². The molecule has 0 bridgehead atoms. The van der Waals surface area contributed by atoms with Gasteiger partial charge in [0.25, 0.3) is 0 Å². The number of hydrogen-bond acceptors (Lipinski definition) is 2. The van der Waals surface area contributed by atoms with Crippen molar-refractivity contribution in [1.82, 2.24) is 9.80 Å². The Morgan fingerprint density at radius 1 is 1.20 bits per heavy atom. The third kappa shape index (κ3) is 4.19. The van der Waals surface area contributed by atoms with Gasteiger partial charge in [0.2, 0.25) is 0 Å². The first-order valence-electron chi connectivity index (χ1n) is 7.79. The van der Waals surface area contributed by atoms with E-state index < -0.39 is 0 Å². The van der Waals surface area contributed by atoms with E-state index in [0.717, 1.165) is 13.1 Å². The molecule has 2 rings (SSSR count). The van der Waals surface area contributed by atoms with Gasteiger partial charge in [-0.25, -0.2) is 0 Å². The van der Waals surface area contributed by atoms with Crippen LogP contribution in [0.5, 0.6) is 0 Å². The van der Waals surface area contributed by atoms with E-state index in [1.54, 1.807) is 0 Å². The molecule has 1 saturated heterocycles. The van der Waals surface area contributed by atoms with Crippen molar-refractivity contribution in [1.29, 1.82) is 0 Å². The number of piperidine rings is 1. The van der Waals surface area contributed by atoms with Crippen molar-refractivity contribution in [2.45, 2.75) is 38.8 Å². The molecule has 1 aromatic rings. The van der Waals surface area contributed by atoms with Crippen molar-refractivity contribution in [2.75, 3.05) is 27.2 Å². The Hall–Kier alpha value is -1.12. The van der Waals surface area contributed by atoms with Crippen molar-refractivity contribution in [3.8, 4) is 0 Å². The number of nitrogens with zero attached hydrogens (tertiary/aromatic N) is 2. The Morgan fingerprint density at radius 3 is 2.60 bits per heavy atom. The smallest absolute Gasteiger partial charge is 0.0351 e. The van der Waals surface area contributed by atoms with Gasteiger partial charge in [-0.3, -0.25) is 4.90 Å². The van der Waals surface area contributed by atoms with E-state index in [-0.39, 0.29) is 0 Å². The minimum atomic E-state index is 0.605. The van der Waals surface area contributed by atoms with Crippen LogP contribution in [0.2, 0.25) is 0 Å². The van der Waals surface area contributed by atoms with Gasteiger partial charge in [0.15, 0.2) is 0 Å². The van der Waals surface area contributed by atoms with Crippen LogP contribution in [0, 0.1) is 0 Å². The van der Waals surface area contributed by atoms with E-state index in [2.05, 4.69) is 67.2 Å². The van der Waals surface area contributed by atoms with Gasteiger partial charge in [0.05, 0.1) is 0 Å². The fourth-order valence-electron chi connectivity index (χ4n) is 3.04. The molecule has 2 heteroatoms. The summed E-state index contributed by atoms with van der Waals surface area (Å²) in [5.41, 5.74) is 2.88. The molecular weight excluding hydrogens is 244 g/mol. The summed E-state index contributed by atoms with van der Waals surface area (Å²) in [7, 11) is 4.24. The third-order valence-electron chi connectivity index (χ3n) is 4.05. The molecule has 0 saturated carbocycles. The van der Waals surface area contributed by atoms with E-state index >= 15 is 0 Å². The predicted molar refractivity (Wildman–Crippen MR) is 86.8 cm³/mol. The molecular formula is C18H28N2. The standard InChI is InChI=1S/C18H28N2/c1-4-5-13-20-14-7-6-8-18(20)17-11-9-16(10-12-17)15-19(2)3/h4-5,9-12,18H,6-8,13-15H2,1-3H3/b5-4+. The summed E-state index contributed by atoms with van der Waals surface area (Å²) in [6.07, 6.45) is 8.43. The first kappa shape index (κ1) is 15.3. The molecule has 2 nitrogen and oxygen atoms in total. The lowest BCUT2D eigenvalue weighted by Crippen LogP contribution is -2.33. The lowest BCUT2D eigenvalue weighted by Gasteiger charge is -2.35. The average Bonchev–Trinajstić information content (AvgIpc) is 2.46. The normalized spacial score (nSPS) is 20.9. The third-order valence-corrected chi connectivity index (χ3v) is 4.05. The van der Waals surface area contributed by atoms with E-state index in [1.165, 1.54) is 36.9 Å². The maximum atomic E-state index is 2.62. The summed E-state index contributed by atoms with van der Waals surface area (Å²) in [6.45, 7) is 5.44. The van der Waals surface area contributed by atoms with Gasteiger partial charge >= 0.3 is 0 Å². The van der Waals surface area contributed by atoms with Crippen molar-refractivity contribution in [3.63, 3.8) is 0 Å². The van der Waals surface area contributed by atoms with Gasteiger partial charge in [0, 0.05) is 19.1 Å². The summed E-state index contributed by atoms with van der Waals surface area (Å²) < 4.78 is 0. The van der Waals surface area contributed by atoms with Gasteiger partial charge in [-0.15, -0.1) is 0 Å². The Morgan fingerprint density at radius 2 is 1.95 bits per heavy atom. The minimum absolute atomic E-state index is 0.605. The summed E-state index contributed by atoms with van der Waals surface area (Å²) in [5, 5.41) is 0. The van der Waals surface area contributed by atoms with Crippen LogP contribution in [0.25, 0.3) is 0 Å². The zero-order chi connectivity index (χ0) is 14.4. The van der Waals surface area contributed by atoms with Crippen molar-refractivity contribution in [3.05, 3.63) is 47.5 Å². The first-order chi connectivity index (χ1) is 9.70. The average molecular weight is 272 g/mol. The lowest BCUT2D eigenvalue weighted by atomic mass is 9.94. The van der Waals surface area contributed by atoms with Gasteiger partial charge < -0.3 is 4.90 Å². The molecule has 1 fully saturated rings. The number of likely N-dealkylation sites (tertiary alicyclic amines) is 1. The van der Waals surface area contributed by atoms with Crippen LogP contribution in [0.4, 0.5) is 0 Å². The van der Waals surface area contributed by atoms with Crippen molar-refractivity contribution >= 4 is 0 Å². The highest BCUT2D eigenvalue weighted by atomic mass is 15.2. The molecule has 0 amide bonds. The summed E-state index contributed by atoms with van der Waals surface area (Å²) in [6, 6.07) is 9.85. The second-order valence-electron chi connectivity index (χ2n) is 6.05. The summed E-state index contributed by atoms with van der Waals surface area (Å²) in [5.74, 6) is 0. The summed E-state index contributed by atoms with van der Waals surface area (Å²) >= 11 is 0. The van der Waals surface area contributed by atoms with E-state index in [1.807, 2.05) is 0 Å². The number of hydrogen-bond donors (Lipinski definition) is 0. The molecule has 20 heavy (non-hydrogen) atoms. The number of rotatable bonds is 5. The van der Waals surface area contributed by atoms with Crippen LogP contribution in [0.1, 0.15) is 43.4 Å². The molecule has 0 spiro atoms. The van der Waals surface area contributed by atoms with Gasteiger partial charge in [-0.1, -0.05) is 42.8 Å². The molecule has 1 heterocycles. The zero-order valence-electron chi connectivity index (χ0n) is 13.2. The van der Waals surface area contributed by atoms with Gasteiger partial charge in [-0.05, 0) is 51.5 Å². The maximum absolute atomic E-state index is 2.62. The molecule has 0 aliphatic carbocycles. The highest BCUT2D eigenvalue weighted by Crippen LogP contribution is 2.30. The number of allylic oxidation sites excluding steroid dienone is 1. The molecule has 1 aromatic carbocycles. The fourth-order valence-corrected chi connectivity index (χ4v) is 3.04. The minimum Gasteiger partial charge on any atom is -0.305 e. The van der Waals surface area contributed by atoms with E-state index in [9.17, 15) is 0 Å². The van der Waals surface area contributed by atoms with E-state index in [0.29, 0.717) is 6.04 Å². The highest BCUT2D eigenvalue weighted by molar-refractivity contribution is 5.25. The Bertz CT molecular complexity index is 420. The Labute approximate surface area is 124 Å². The largest absolute Gasteiger partial charge is 0.305 e. The second kappa shape index (κ2) is 7.61. The van der Waals surface area contributed by atoms with Crippen molar-refractivity contribution < 1.29 is 0 Å². The Balaban J connectivity index is 2.07. The zero-order valence-corrected chi connectivity index (χ0v) is 13.2. The topological polar surface area (TPSA) is 6.48 Å². The van der Waals surface area contributed by atoms with Crippen molar-refractivity contribution in [2.24, 2.45) is 0 Å². The molecule has 110 valence electrons. The summed E-state index contributed by atoms with van der Waals surface area (Å²) in [4.78, 5) is 4.83. The molecule has 0 N–H and O–H groups in total. The Kier molecular flexibility index (Phi) is 5.81. The lowest BCUT2D eigenvalue weighted by molar-refractivity contribution is 0.166. The van der Waals surface area contributed by atoms with Crippen LogP contribution in [-0.4, -0.2) is 37.0 Å². The highest BCUT2D eigenvalue weighted by Gasteiger charge is 2.22. The predicted octanol–water partition coefficient (Wildman–Crippen LogP) is 3.85. The molecule has 0 aromatic heterocycles. The fraction of sp³-hybridized carbons (Fsp3) is 0.556. The molecule has 1 unspecified atom stereocenters. The van der Waals surface area contributed by atoms with Crippen LogP contribution < -0.4 is 0 Å². The SMILES string of the molecule is C/C=C/CN1CCCCC1c1ccc(CN(C)C)cc1. The molecule has 0 radical (unpaired) electrons. The quantitative estimate of drug-likeness (QED) is 0.751. The molecule has 1 aliphatic rings. The monoisotopic (exact) mass is 272 g/mol. The van der Waals surface area contributed by atoms with Crippen LogP contribution in [-0.2, 0) is 6.54 Å². The van der Waals surface area contributed by atoms with Gasteiger partial charge in [0.1, 0.15) is 0 Å². The molecule has 1 atom stereocenters. The van der Waals surface area contributed by atoms with Crippen LogP contribution >= 0.6 is 0 Å². The number of benzene rings is 1. The second-order valence-corrected chi connectivity index (χ2v) is 6.05. The first-order valence-corrected chi connectivity index (χ1v) is 7.79.